The van der Waals surface area contributed by atoms with Gasteiger partial charge in [-0.25, -0.2) is 13.2 Å². The Kier molecular flexibility index (Phi) is 6.61. The lowest BCUT2D eigenvalue weighted by Crippen LogP contribution is -2.18. The lowest BCUT2D eigenvalue weighted by atomic mass is 10.0. The molecule has 0 unspecified atom stereocenters. The zero-order chi connectivity index (χ0) is 21.1. The SMILES string of the molecule is O=C(Nc1ccc(F)c(C(F)(F)F)c1)c1ccc(Cl)c(C(F)(F)CCCO)c1. The van der Waals surface area contributed by atoms with Gasteiger partial charge in [0, 0.05) is 34.9 Å². The number of alkyl halides is 5. The molecule has 1 amide bonds. The van der Waals surface area contributed by atoms with E-state index in [2.05, 4.69) is 5.32 Å². The monoisotopic (exact) mass is 425 g/mol. The highest BCUT2D eigenvalue weighted by molar-refractivity contribution is 6.31. The van der Waals surface area contributed by atoms with E-state index in [0.29, 0.717) is 12.1 Å². The van der Waals surface area contributed by atoms with E-state index in [0.717, 1.165) is 24.3 Å². The predicted octanol–water partition coefficient (Wildman–Crippen LogP) is 5.61. The van der Waals surface area contributed by atoms with Crippen LogP contribution in [-0.4, -0.2) is 17.6 Å². The first-order valence-corrected chi connectivity index (χ1v) is 8.30. The van der Waals surface area contributed by atoms with Crippen LogP contribution in [0.4, 0.5) is 32.0 Å². The van der Waals surface area contributed by atoms with Gasteiger partial charge in [0.25, 0.3) is 11.8 Å². The first-order valence-electron chi connectivity index (χ1n) is 7.92. The number of hydrogen-bond acceptors (Lipinski definition) is 2. The molecule has 2 rings (SSSR count). The van der Waals surface area contributed by atoms with Gasteiger partial charge in [-0.2, -0.15) is 13.2 Å². The maximum Gasteiger partial charge on any atom is 0.419 e. The molecular formula is C18H14ClF6NO2. The molecule has 0 spiro atoms. The van der Waals surface area contributed by atoms with Crippen LogP contribution in [-0.2, 0) is 12.1 Å². The molecule has 0 radical (unpaired) electrons. The number of halogens is 7. The number of anilines is 1. The van der Waals surface area contributed by atoms with Crippen LogP contribution >= 0.6 is 11.6 Å². The highest BCUT2D eigenvalue weighted by Crippen LogP contribution is 2.38. The first kappa shape index (κ1) is 22.0. The summed E-state index contributed by atoms with van der Waals surface area (Å²) < 4.78 is 80.0. The van der Waals surface area contributed by atoms with E-state index in [1.165, 1.54) is 0 Å². The van der Waals surface area contributed by atoms with Crippen LogP contribution in [0.25, 0.3) is 0 Å². The lowest BCUT2D eigenvalue weighted by Gasteiger charge is -2.18. The van der Waals surface area contributed by atoms with Crippen LogP contribution in [0.5, 0.6) is 0 Å². The van der Waals surface area contributed by atoms with Crippen LogP contribution in [0.3, 0.4) is 0 Å². The second kappa shape index (κ2) is 8.40. The molecule has 0 aliphatic carbocycles. The highest BCUT2D eigenvalue weighted by Gasteiger charge is 2.35. The topological polar surface area (TPSA) is 49.3 Å². The van der Waals surface area contributed by atoms with Crippen molar-refractivity contribution in [1.82, 2.24) is 0 Å². The number of carbonyl (C=O) groups excluding carboxylic acids is 1. The Balaban J connectivity index is 2.30. The van der Waals surface area contributed by atoms with E-state index < -0.39 is 48.0 Å². The molecule has 152 valence electrons. The Morgan fingerprint density at radius 3 is 2.32 bits per heavy atom. The molecule has 0 bridgehead atoms. The van der Waals surface area contributed by atoms with E-state index >= 15 is 0 Å². The Morgan fingerprint density at radius 2 is 1.71 bits per heavy atom. The van der Waals surface area contributed by atoms with Gasteiger partial charge in [-0.1, -0.05) is 11.6 Å². The second-order valence-corrected chi connectivity index (χ2v) is 6.28. The van der Waals surface area contributed by atoms with Gasteiger partial charge < -0.3 is 10.4 Å². The average Bonchev–Trinajstić information content (AvgIpc) is 2.60. The largest absolute Gasteiger partial charge is 0.419 e. The van der Waals surface area contributed by atoms with E-state index in [-0.39, 0.29) is 22.7 Å². The minimum absolute atomic E-state index is 0.199. The van der Waals surface area contributed by atoms with E-state index in [9.17, 15) is 31.1 Å². The molecule has 0 heterocycles. The number of carbonyl (C=O) groups is 1. The third kappa shape index (κ3) is 5.17. The summed E-state index contributed by atoms with van der Waals surface area (Å²) in [7, 11) is 0. The van der Waals surface area contributed by atoms with Crippen molar-refractivity contribution in [1.29, 1.82) is 0 Å². The lowest BCUT2D eigenvalue weighted by molar-refractivity contribution is -0.139. The molecular weight excluding hydrogens is 412 g/mol. The minimum Gasteiger partial charge on any atom is -0.396 e. The molecule has 0 atom stereocenters. The normalized spacial score (nSPS) is 12.1. The third-order valence-corrected chi connectivity index (χ3v) is 4.13. The van der Waals surface area contributed by atoms with Crippen molar-refractivity contribution in [3.8, 4) is 0 Å². The van der Waals surface area contributed by atoms with Crippen LogP contribution in [0.15, 0.2) is 36.4 Å². The van der Waals surface area contributed by atoms with Gasteiger partial charge in [0.1, 0.15) is 5.82 Å². The van der Waals surface area contributed by atoms with Crippen LogP contribution in [0, 0.1) is 5.82 Å². The fraction of sp³-hybridized carbons (Fsp3) is 0.278. The number of nitrogens with one attached hydrogen (secondary N) is 1. The summed E-state index contributed by atoms with van der Waals surface area (Å²) in [5.41, 5.74) is -2.86. The summed E-state index contributed by atoms with van der Waals surface area (Å²) >= 11 is 5.77. The van der Waals surface area contributed by atoms with Crippen molar-refractivity contribution < 1.29 is 36.2 Å². The van der Waals surface area contributed by atoms with Crippen LogP contribution in [0.2, 0.25) is 5.02 Å². The van der Waals surface area contributed by atoms with Gasteiger partial charge in [0.05, 0.1) is 5.56 Å². The van der Waals surface area contributed by atoms with Gasteiger partial charge in [-0.15, -0.1) is 0 Å². The van der Waals surface area contributed by atoms with Crippen LogP contribution in [0.1, 0.15) is 34.3 Å². The number of amides is 1. The Morgan fingerprint density at radius 1 is 1.04 bits per heavy atom. The maximum absolute atomic E-state index is 14.2. The molecule has 0 saturated heterocycles. The quantitative estimate of drug-likeness (QED) is 0.591. The smallest absolute Gasteiger partial charge is 0.396 e. The van der Waals surface area contributed by atoms with Gasteiger partial charge in [0.15, 0.2) is 0 Å². The van der Waals surface area contributed by atoms with E-state index in [1.807, 2.05) is 0 Å². The predicted molar refractivity (Wildman–Crippen MR) is 91.0 cm³/mol. The number of aliphatic hydroxyl groups excluding tert-OH is 1. The van der Waals surface area contributed by atoms with Crippen molar-refractivity contribution in [2.24, 2.45) is 0 Å². The van der Waals surface area contributed by atoms with Crippen LogP contribution < -0.4 is 5.32 Å². The number of benzene rings is 2. The number of rotatable bonds is 6. The highest BCUT2D eigenvalue weighted by atomic mass is 35.5. The number of aliphatic hydroxyl groups is 1. The molecule has 0 fully saturated rings. The fourth-order valence-electron chi connectivity index (χ4n) is 2.41. The van der Waals surface area contributed by atoms with Gasteiger partial charge in [-0.3, -0.25) is 4.79 Å². The zero-order valence-electron chi connectivity index (χ0n) is 14.1. The maximum atomic E-state index is 14.2. The summed E-state index contributed by atoms with van der Waals surface area (Å²) in [5.74, 6) is -5.91. The Hall–Kier alpha value is -2.26. The van der Waals surface area contributed by atoms with E-state index in [1.54, 1.807) is 0 Å². The summed E-state index contributed by atoms with van der Waals surface area (Å²) in [6.07, 6.45) is -5.87. The summed E-state index contributed by atoms with van der Waals surface area (Å²) in [4.78, 5) is 12.3. The summed E-state index contributed by atoms with van der Waals surface area (Å²) in [6, 6.07) is 4.86. The van der Waals surface area contributed by atoms with Crippen molar-refractivity contribution in [3.63, 3.8) is 0 Å². The fourth-order valence-corrected chi connectivity index (χ4v) is 2.66. The van der Waals surface area contributed by atoms with Gasteiger partial charge in [0.2, 0.25) is 0 Å². The van der Waals surface area contributed by atoms with Gasteiger partial charge in [-0.05, 0) is 42.8 Å². The number of hydrogen-bond donors (Lipinski definition) is 2. The average molecular weight is 426 g/mol. The molecule has 2 aromatic carbocycles. The van der Waals surface area contributed by atoms with E-state index in [4.69, 9.17) is 16.7 Å². The second-order valence-electron chi connectivity index (χ2n) is 5.87. The Bertz CT molecular complexity index is 870. The molecule has 0 aliphatic rings. The van der Waals surface area contributed by atoms with Crippen molar-refractivity contribution in [2.45, 2.75) is 24.9 Å². The first-order chi connectivity index (χ1) is 13.0. The Labute approximate surface area is 160 Å². The molecule has 0 aliphatic heterocycles. The molecule has 10 heteroatoms. The van der Waals surface area contributed by atoms with Crippen molar-refractivity contribution in [2.75, 3.05) is 11.9 Å². The molecule has 28 heavy (non-hydrogen) atoms. The molecule has 0 saturated carbocycles. The summed E-state index contributed by atoms with van der Waals surface area (Å²) in [6.45, 7) is -0.459. The molecule has 2 N–H and O–H groups in total. The molecule has 3 nitrogen and oxygen atoms in total. The molecule has 0 aromatic heterocycles. The third-order valence-electron chi connectivity index (χ3n) is 3.80. The summed E-state index contributed by atoms with van der Waals surface area (Å²) in [5, 5.41) is 10.5. The standard InChI is InChI=1S/C18H14ClF6NO2/c19-14-4-2-10(8-12(14)17(21,22)6-1-7-27)16(28)26-11-3-5-15(20)13(9-11)18(23,24)25/h2-5,8-9,27H,1,6-7H2,(H,26,28). The molecule has 2 aromatic rings. The van der Waals surface area contributed by atoms with Crippen molar-refractivity contribution in [3.05, 3.63) is 63.9 Å². The zero-order valence-corrected chi connectivity index (χ0v) is 14.8. The van der Waals surface area contributed by atoms with Gasteiger partial charge >= 0.3 is 6.18 Å². The van der Waals surface area contributed by atoms with Crippen molar-refractivity contribution >= 4 is 23.2 Å². The minimum atomic E-state index is -4.97.